The number of unbranched alkanes of at least 4 members (excludes halogenated alkanes) is 4. The molecule has 0 saturated heterocycles. The molecule has 32 heavy (non-hydrogen) atoms. The number of guanidine groups is 1. The SMILES string of the molecule is COCC1(CN(C)C(=O)CCCCCCCN/C(=N\C#N)Nc2ccncc2)CCCC1. The number of ether oxygens (including phenoxy) is 1. The first kappa shape index (κ1) is 25.6. The molecule has 0 radical (unpaired) electrons. The average molecular weight is 443 g/mol. The zero-order valence-electron chi connectivity index (χ0n) is 19.6. The van der Waals surface area contributed by atoms with E-state index in [0.717, 1.165) is 70.3 Å². The number of nitrogens with zero attached hydrogens (tertiary/aromatic N) is 4. The third-order valence-electron chi connectivity index (χ3n) is 6.08. The van der Waals surface area contributed by atoms with Crippen molar-refractivity contribution in [3.63, 3.8) is 0 Å². The molecule has 1 heterocycles. The van der Waals surface area contributed by atoms with Gasteiger partial charge in [-0.2, -0.15) is 5.26 Å². The van der Waals surface area contributed by atoms with Crippen molar-refractivity contribution >= 4 is 17.6 Å². The molecular formula is C24H38N6O2. The van der Waals surface area contributed by atoms with E-state index in [1.165, 1.54) is 12.8 Å². The third kappa shape index (κ3) is 9.23. The maximum atomic E-state index is 12.5. The summed E-state index contributed by atoms with van der Waals surface area (Å²) in [7, 11) is 3.69. The van der Waals surface area contributed by atoms with Crippen molar-refractivity contribution in [3.05, 3.63) is 24.5 Å². The molecule has 1 fully saturated rings. The molecule has 0 unspecified atom stereocenters. The lowest BCUT2D eigenvalue weighted by atomic mass is 9.86. The fourth-order valence-electron chi connectivity index (χ4n) is 4.43. The first-order valence-electron chi connectivity index (χ1n) is 11.7. The number of nitriles is 1. The molecular weight excluding hydrogens is 404 g/mol. The first-order valence-corrected chi connectivity index (χ1v) is 11.7. The van der Waals surface area contributed by atoms with Crippen LogP contribution in [0.5, 0.6) is 0 Å². The van der Waals surface area contributed by atoms with Crippen molar-refractivity contribution < 1.29 is 9.53 Å². The van der Waals surface area contributed by atoms with Crippen molar-refractivity contribution in [2.45, 2.75) is 64.2 Å². The molecule has 1 aliphatic rings. The normalized spacial score (nSPS) is 15.2. The number of carbonyl (C=O) groups is 1. The Bertz CT molecular complexity index is 741. The van der Waals surface area contributed by atoms with Crippen LogP contribution in [0.2, 0.25) is 0 Å². The topological polar surface area (TPSA) is 103 Å². The van der Waals surface area contributed by atoms with Gasteiger partial charge in [0.15, 0.2) is 0 Å². The predicted molar refractivity (Wildman–Crippen MR) is 127 cm³/mol. The second-order valence-electron chi connectivity index (χ2n) is 8.76. The van der Waals surface area contributed by atoms with Gasteiger partial charge < -0.3 is 20.3 Å². The molecule has 1 aromatic rings. The van der Waals surface area contributed by atoms with E-state index in [-0.39, 0.29) is 11.3 Å². The Morgan fingerprint density at radius 3 is 2.59 bits per heavy atom. The number of methoxy groups -OCH3 is 1. The van der Waals surface area contributed by atoms with Crippen LogP contribution >= 0.6 is 0 Å². The Morgan fingerprint density at radius 2 is 1.91 bits per heavy atom. The zero-order valence-corrected chi connectivity index (χ0v) is 19.6. The summed E-state index contributed by atoms with van der Waals surface area (Å²) in [6.07, 6.45) is 15.7. The second-order valence-corrected chi connectivity index (χ2v) is 8.76. The van der Waals surface area contributed by atoms with Gasteiger partial charge in [0, 0.05) is 57.2 Å². The molecule has 2 N–H and O–H groups in total. The third-order valence-corrected chi connectivity index (χ3v) is 6.08. The number of carbonyl (C=O) groups excluding carboxylic acids is 1. The van der Waals surface area contributed by atoms with Gasteiger partial charge >= 0.3 is 0 Å². The van der Waals surface area contributed by atoms with E-state index in [2.05, 4.69) is 20.6 Å². The molecule has 1 aliphatic carbocycles. The van der Waals surface area contributed by atoms with Crippen LogP contribution in [0.25, 0.3) is 0 Å². The van der Waals surface area contributed by atoms with Crippen LogP contribution < -0.4 is 10.6 Å². The fraction of sp³-hybridized carbons (Fsp3) is 0.667. The van der Waals surface area contributed by atoms with Gasteiger partial charge in [-0.15, -0.1) is 4.99 Å². The van der Waals surface area contributed by atoms with Crippen LogP contribution in [-0.4, -0.2) is 55.6 Å². The predicted octanol–water partition coefficient (Wildman–Crippen LogP) is 3.93. The number of hydrogen-bond donors (Lipinski definition) is 2. The lowest BCUT2D eigenvalue weighted by Gasteiger charge is -2.33. The van der Waals surface area contributed by atoms with Crippen LogP contribution in [0, 0.1) is 16.9 Å². The molecule has 0 aliphatic heterocycles. The van der Waals surface area contributed by atoms with E-state index >= 15 is 0 Å². The summed E-state index contributed by atoms with van der Waals surface area (Å²) in [5, 5.41) is 15.1. The fourth-order valence-corrected chi connectivity index (χ4v) is 4.43. The van der Waals surface area contributed by atoms with E-state index in [4.69, 9.17) is 10.00 Å². The highest BCUT2D eigenvalue weighted by Crippen LogP contribution is 2.39. The van der Waals surface area contributed by atoms with Crippen molar-refractivity contribution in [3.8, 4) is 6.19 Å². The average Bonchev–Trinajstić information content (AvgIpc) is 3.24. The molecule has 0 aromatic carbocycles. The van der Waals surface area contributed by atoms with E-state index in [1.807, 2.05) is 30.3 Å². The molecule has 0 atom stereocenters. The molecule has 1 amide bonds. The minimum Gasteiger partial charge on any atom is -0.384 e. The Hall–Kier alpha value is -2.66. The van der Waals surface area contributed by atoms with Gasteiger partial charge in [-0.1, -0.05) is 32.1 Å². The number of rotatable bonds is 13. The van der Waals surface area contributed by atoms with Crippen molar-refractivity contribution in [1.82, 2.24) is 15.2 Å². The summed E-state index contributed by atoms with van der Waals surface area (Å²) in [5.74, 6) is 0.689. The van der Waals surface area contributed by atoms with Gasteiger partial charge in [-0.05, 0) is 37.8 Å². The van der Waals surface area contributed by atoms with Crippen molar-refractivity contribution in [2.24, 2.45) is 10.4 Å². The van der Waals surface area contributed by atoms with Crippen molar-refractivity contribution in [2.75, 3.05) is 39.2 Å². The number of anilines is 1. The van der Waals surface area contributed by atoms with Gasteiger partial charge in [0.25, 0.3) is 0 Å². The maximum absolute atomic E-state index is 12.5. The number of amides is 1. The van der Waals surface area contributed by atoms with E-state index in [9.17, 15) is 4.79 Å². The number of pyridine rings is 1. The van der Waals surface area contributed by atoms with Gasteiger partial charge in [0.2, 0.25) is 18.1 Å². The second kappa shape index (κ2) is 14.4. The molecule has 8 heteroatoms. The Morgan fingerprint density at radius 1 is 1.22 bits per heavy atom. The molecule has 2 rings (SSSR count). The summed E-state index contributed by atoms with van der Waals surface area (Å²) in [5.41, 5.74) is 0.990. The Labute approximate surface area is 192 Å². The largest absolute Gasteiger partial charge is 0.384 e. The van der Waals surface area contributed by atoms with E-state index in [1.54, 1.807) is 19.5 Å². The Balaban J connectivity index is 1.55. The van der Waals surface area contributed by atoms with Crippen LogP contribution in [0.3, 0.4) is 0 Å². The summed E-state index contributed by atoms with van der Waals surface area (Å²) in [6.45, 7) is 2.30. The van der Waals surface area contributed by atoms with Gasteiger partial charge in [0.1, 0.15) is 0 Å². The quantitative estimate of drug-likeness (QED) is 0.208. The van der Waals surface area contributed by atoms with Gasteiger partial charge in [-0.3, -0.25) is 9.78 Å². The molecule has 0 bridgehead atoms. The van der Waals surface area contributed by atoms with Crippen LogP contribution in [0.1, 0.15) is 64.2 Å². The summed E-state index contributed by atoms with van der Waals surface area (Å²) in [6, 6.07) is 3.64. The van der Waals surface area contributed by atoms with Crippen LogP contribution in [0.4, 0.5) is 5.69 Å². The van der Waals surface area contributed by atoms with E-state index in [0.29, 0.717) is 12.4 Å². The lowest BCUT2D eigenvalue weighted by Crippen LogP contribution is -2.40. The summed E-state index contributed by atoms with van der Waals surface area (Å²) < 4.78 is 5.44. The highest BCUT2D eigenvalue weighted by atomic mass is 16.5. The van der Waals surface area contributed by atoms with Crippen molar-refractivity contribution in [1.29, 1.82) is 5.26 Å². The molecule has 1 saturated carbocycles. The number of aliphatic imine (C=N–C) groups is 1. The standard InChI is InChI=1S/C24H38N6O2/c1-30(18-24(19-32-2)13-7-8-14-24)22(31)10-6-4-3-5-9-15-27-23(28-20-25)29-21-11-16-26-17-12-21/h11-12,16-17H,3-10,13-15,18-19H2,1-2H3,(H2,26,27,28,29). The van der Waals surface area contributed by atoms with Crippen LogP contribution in [0.15, 0.2) is 29.5 Å². The van der Waals surface area contributed by atoms with Crippen LogP contribution in [-0.2, 0) is 9.53 Å². The monoisotopic (exact) mass is 442 g/mol. The minimum absolute atomic E-state index is 0.159. The molecule has 8 nitrogen and oxygen atoms in total. The molecule has 1 aromatic heterocycles. The molecule has 176 valence electrons. The highest BCUT2D eigenvalue weighted by Gasteiger charge is 2.35. The lowest BCUT2D eigenvalue weighted by molar-refractivity contribution is -0.132. The minimum atomic E-state index is 0.159. The van der Waals surface area contributed by atoms with Gasteiger partial charge in [-0.25, -0.2) is 0 Å². The highest BCUT2D eigenvalue weighted by molar-refractivity contribution is 5.94. The first-order chi connectivity index (χ1) is 15.6. The smallest absolute Gasteiger partial charge is 0.222 e. The Kier molecular flexibility index (Phi) is 11.5. The van der Waals surface area contributed by atoms with Gasteiger partial charge in [0.05, 0.1) is 6.61 Å². The summed E-state index contributed by atoms with van der Waals surface area (Å²) >= 11 is 0. The molecule has 0 spiro atoms. The number of hydrogen-bond acceptors (Lipinski definition) is 5. The zero-order chi connectivity index (χ0) is 23.1. The number of aromatic nitrogens is 1. The summed E-state index contributed by atoms with van der Waals surface area (Å²) in [4.78, 5) is 22.2. The maximum Gasteiger partial charge on any atom is 0.222 e. The van der Waals surface area contributed by atoms with E-state index < -0.39 is 0 Å². The number of nitrogens with one attached hydrogen (secondary N) is 2.